The molecule has 1 rings (SSSR count). The van der Waals surface area contributed by atoms with Crippen molar-refractivity contribution in [3.63, 3.8) is 0 Å². The first kappa shape index (κ1) is 17.4. The molecule has 20 heavy (non-hydrogen) atoms. The summed E-state index contributed by atoms with van der Waals surface area (Å²) in [4.78, 5) is 14.4. The van der Waals surface area contributed by atoms with Crippen molar-refractivity contribution in [2.75, 3.05) is 32.8 Å². The van der Waals surface area contributed by atoms with Gasteiger partial charge in [-0.25, -0.2) is 0 Å². The molecule has 3 atom stereocenters. The van der Waals surface area contributed by atoms with Crippen LogP contribution in [0.3, 0.4) is 0 Å². The Kier molecular flexibility index (Phi) is 8.11. The molecule has 0 aromatic heterocycles. The molecule has 5 nitrogen and oxygen atoms in total. The summed E-state index contributed by atoms with van der Waals surface area (Å²) in [6.45, 7) is 12.4. The van der Waals surface area contributed by atoms with Gasteiger partial charge in [0.05, 0.1) is 18.8 Å². The molecular formula is C15H30N2O3. The first-order chi connectivity index (χ1) is 9.62. The van der Waals surface area contributed by atoms with Gasteiger partial charge in [0.15, 0.2) is 0 Å². The highest BCUT2D eigenvalue weighted by Gasteiger charge is 2.34. The van der Waals surface area contributed by atoms with Gasteiger partial charge >= 0.3 is 5.97 Å². The standard InChI is InChI=1S/C15H30N2O3/c1-5-17(6-2)11-10-16-14(15(18)19-7-3)13-9-8-12(4)20-13/h12-14,16H,5-11H2,1-4H3. The molecule has 3 unspecified atom stereocenters. The summed E-state index contributed by atoms with van der Waals surface area (Å²) >= 11 is 0. The van der Waals surface area contributed by atoms with E-state index >= 15 is 0 Å². The largest absolute Gasteiger partial charge is 0.465 e. The van der Waals surface area contributed by atoms with Gasteiger partial charge in [0, 0.05) is 13.1 Å². The summed E-state index contributed by atoms with van der Waals surface area (Å²) in [6.07, 6.45) is 2.11. The van der Waals surface area contributed by atoms with Crippen LogP contribution in [-0.2, 0) is 14.3 Å². The Labute approximate surface area is 123 Å². The fraction of sp³-hybridized carbons (Fsp3) is 0.933. The maximum Gasteiger partial charge on any atom is 0.325 e. The average molecular weight is 286 g/mol. The van der Waals surface area contributed by atoms with E-state index in [0.29, 0.717) is 6.61 Å². The Bertz CT molecular complexity index is 282. The summed E-state index contributed by atoms with van der Waals surface area (Å²) in [6, 6.07) is -0.338. The number of rotatable bonds is 9. The molecule has 118 valence electrons. The highest BCUT2D eigenvalue weighted by Crippen LogP contribution is 2.22. The summed E-state index contributed by atoms with van der Waals surface area (Å²) in [7, 11) is 0. The van der Waals surface area contributed by atoms with Crippen LogP contribution in [0.15, 0.2) is 0 Å². The zero-order chi connectivity index (χ0) is 15.0. The van der Waals surface area contributed by atoms with Crippen LogP contribution < -0.4 is 5.32 Å². The van der Waals surface area contributed by atoms with Crippen molar-refractivity contribution in [3.8, 4) is 0 Å². The summed E-state index contributed by atoms with van der Waals surface area (Å²) < 4.78 is 11.0. The summed E-state index contributed by atoms with van der Waals surface area (Å²) in [5.41, 5.74) is 0. The van der Waals surface area contributed by atoms with E-state index in [9.17, 15) is 4.79 Å². The Morgan fingerprint density at radius 2 is 2.05 bits per heavy atom. The maximum absolute atomic E-state index is 12.1. The number of likely N-dealkylation sites (N-methyl/N-ethyl adjacent to an activating group) is 1. The number of esters is 1. The van der Waals surface area contributed by atoms with Crippen LogP contribution in [0.5, 0.6) is 0 Å². The number of nitrogens with zero attached hydrogens (tertiary/aromatic N) is 1. The van der Waals surface area contributed by atoms with E-state index in [1.165, 1.54) is 0 Å². The van der Waals surface area contributed by atoms with Crippen molar-refractivity contribution in [2.45, 2.75) is 58.8 Å². The Hall–Kier alpha value is -0.650. The Balaban J connectivity index is 2.48. The van der Waals surface area contributed by atoms with E-state index in [2.05, 4.69) is 31.0 Å². The van der Waals surface area contributed by atoms with Gasteiger partial charge in [0.2, 0.25) is 0 Å². The lowest BCUT2D eigenvalue weighted by Crippen LogP contribution is -2.49. The van der Waals surface area contributed by atoms with Crippen LogP contribution in [0.25, 0.3) is 0 Å². The minimum atomic E-state index is -0.338. The first-order valence-electron chi connectivity index (χ1n) is 7.90. The lowest BCUT2D eigenvalue weighted by atomic mass is 10.1. The van der Waals surface area contributed by atoms with E-state index in [1.807, 2.05) is 6.92 Å². The summed E-state index contributed by atoms with van der Waals surface area (Å²) in [5, 5.41) is 3.32. The van der Waals surface area contributed by atoms with Crippen molar-refractivity contribution in [1.29, 1.82) is 0 Å². The quantitative estimate of drug-likeness (QED) is 0.650. The highest BCUT2D eigenvalue weighted by molar-refractivity contribution is 5.76. The molecule has 0 amide bonds. The van der Waals surface area contributed by atoms with Crippen LogP contribution >= 0.6 is 0 Å². The third-order valence-corrected chi connectivity index (χ3v) is 3.86. The second kappa shape index (κ2) is 9.32. The average Bonchev–Trinajstić information content (AvgIpc) is 2.85. The van der Waals surface area contributed by atoms with Crippen LogP contribution in [0.2, 0.25) is 0 Å². The van der Waals surface area contributed by atoms with Crippen LogP contribution in [0.4, 0.5) is 0 Å². The molecule has 1 heterocycles. The second-order valence-corrected chi connectivity index (χ2v) is 5.27. The molecule has 0 bridgehead atoms. The van der Waals surface area contributed by atoms with Gasteiger partial charge in [-0.05, 0) is 39.8 Å². The fourth-order valence-corrected chi connectivity index (χ4v) is 2.60. The molecule has 1 N–H and O–H groups in total. The number of hydrogen-bond donors (Lipinski definition) is 1. The zero-order valence-corrected chi connectivity index (χ0v) is 13.4. The minimum Gasteiger partial charge on any atom is -0.465 e. The highest BCUT2D eigenvalue weighted by atomic mass is 16.5. The Morgan fingerprint density at radius 3 is 2.55 bits per heavy atom. The molecule has 1 aliphatic heterocycles. The lowest BCUT2D eigenvalue weighted by molar-refractivity contribution is -0.149. The summed E-state index contributed by atoms with van der Waals surface area (Å²) in [5.74, 6) is -0.189. The SMILES string of the molecule is CCOC(=O)C(NCCN(CC)CC)C1CCC(C)O1. The first-order valence-corrected chi connectivity index (χ1v) is 7.90. The molecule has 0 radical (unpaired) electrons. The van der Waals surface area contributed by atoms with Gasteiger partial charge in [-0.2, -0.15) is 0 Å². The molecule has 1 aliphatic rings. The molecule has 0 spiro atoms. The number of hydrogen-bond acceptors (Lipinski definition) is 5. The van der Waals surface area contributed by atoms with E-state index in [4.69, 9.17) is 9.47 Å². The van der Waals surface area contributed by atoms with Gasteiger partial charge in [-0.3, -0.25) is 4.79 Å². The predicted octanol–water partition coefficient (Wildman–Crippen LogP) is 1.42. The lowest BCUT2D eigenvalue weighted by Gasteiger charge is -2.25. The van der Waals surface area contributed by atoms with Crippen molar-refractivity contribution < 1.29 is 14.3 Å². The van der Waals surface area contributed by atoms with Crippen molar-refractivity contribution in [3.05, 3.63) is 0 Å². The molecule has 0 aliphatic carbocycles. The molecule has 1 saturated heterocycles. The predicted molar refractivity (Wildman–Crippen MR) is 79.8 cm³/mol. The molecule has 0 aromatic carbocycles. The van der Waals surface area contributed by atoms with Crippen LogP contribution in [-0.4, -0.2) is 61.9 Å². The van der Waals surface area contributed by atoms with E-state index in [0.717, 1.165) is 39.0 Å². The number of carbonyl (C=O) groups excluding carboxylic acids is 1. The van der Waals surface area contributed by atoms with Crippen molar-refractivity contribution >= 4 is 5.97 Å². The number of ether oxygens (including phenoxy) is 2. The fourth-order valence-electron chi connectivity index (χ4n) is 2.60. The maximum atomic E-state index is 12.1. The molecule has 0 saturated carbocycles. The number of carbonyl (C=O) groups is 1. The zero-order valence-electron chi connectivity index (χ0n) is 13.4. The van der Waals surface area contributed by atoms with Crippen LogP contribution in [0, 0.1) is 0 Å². The third kappa shape index (κ3) is 5.38. The normalized spacial score (nSPS) is 24.1. The monoisotopic (exact) mass is 286 g/mol. The van der Waals surface area contributed by atoms with E-state index in [-0.39, 0.29) is 24.2 Å². The van der Waals surface area contributed by atoms with Gasteiger partial charge in [0.1, 0.15) is 6.04 Å². The van der Waals surface area contributed by atoms with E-state index < -0.39 is 0 Å². The van der Waals surface area contributed by atoms with Gasteiger partial charge in [0.25, 0.3) is 0 Å². The third-order valence-electron chi connectivity index (χ3n) is 3.86. The number of nitrogens with one attached hydrogen (secondary N) is 1. The molecular weight excluding hydrogens is 256 g/mol. The van der Waals surface area contributed by atoms with Crippen molar-refractivity contribution in [2.24, 2.45) is 0 Å². The second-order valence-electron chi connectivity index (χ2n) is 5.27. The smallest absolute Gasteiger partial charge is 0.325 e. The topological polar surface area (TPSA) is 50.8 Å². The minimum absolute atomic E-state index is 0.0549. The van der Waals surface area contributed by atoms with E-state index in [1.54, 1.807) is 0 Å². The van der Waals surface area contributed by atoms with Gasteiger partial charge in [-0.1, -0.05) is 13.8 Å². The molecule has 5 heteroatoms. The van der Waals surface area contributed by atoms with Gasteiger partial charge in [-0.15, -0.1) is 0 Å². The van der Waals surface area contributed by atoms with Gasteiger partial charge < -0.3 is 19.7 Å². The van der Waals surface area contributed by atoms with Crippen molar-refractivity contribution in [1.82, 2.24) is 10.2 Å². The Morgan fingerprint density at radius 1 is 1.35 bits per heavy atom. The molecule has 1 fully saturated rings. The molecule has 0 aromatic rings. The van der Waals surface area contributed by atoms with Crippen LogP contribution in [0.1, 0.15) is 40.5 Å².